The Kier molecular flexibility index (Phi) is 4.71. The summed E-state index contributed by atoms with van der Waals surface area (Å²) in [6.45, 7) is 0.254. The van der Waals surface area contributed by atoms with E-state index in [1.54, 1.807) is 24.3 Å². The molecule has 3 rings (SSSR count). The van der Waals surface area contributed by atoms with E-state index in [0.29, 0.717) is 5.75 Å². The molecule has 0 aliphatic heterocycles. The van der Waals surface area contributed by atoms with Crippen LogP contribution in [-0.2, 0) is 6.61 Å². The summed E-state index contributed by atoms with van der Waals surface area (Å²) < 4.78 is 5.59. The van der Waals surface area contributed by atoms with E-state index < -0.39 is 10.9 Å². The molecule has 3 aromatic rings. The van der Waals surface area contributed by atoms with Gasteiger partial charge in [-0.05, 0) is 36.4 Å². The van der Waals surface area contributed by atoms with Crippen LogP contribution >= 0.6 is 11.3 Å². The van der Waals surface area contributed by atoms with E-state index in [4.69, 9.17) is 9.84 Å². The summed E-state index contributed by atoms with van der Waals surface area (Å²) in [7, 11) is 0. The minimum Gasteiger partial charge on any atom is -0.486 e. The molecule has 0 saturated carbocycles. The van der Waals surface area contributed by atoms with Crippen LogP contribution in [0, 0.1) is 10.1 Å². The molecule has 0 atom stereocenters. The van der Waals surface area contributed by atoms with Crippen molar-refractivity contribution < 1.29 is 19.6 Å². The van der Waals surface area contributed by atoms with Crippen LogP contribution in [0.25, 0.3) is 11.3 Å². The van der Waals surface area contributed by atoms with Crippen molar-refractivity contribution in [2.45, 2.75) is 6.61 Å². The highest BCUT2D eigenvalue weighted by molar-refractivity contribution is 7.09. The van der Waals surface area contributed by atoms with Gasteiger partial charge in [0.05, 0.1) is 16.2 Å². The number of thiazole rings is 1. The highest BCUT2D eigenvalue weighted by atomic mass is 32.1. The van der Waals surface area contributed by atoms with Crippen molar-refractivity contribution in [1.29, 1.82) is 0 Å². The Balaban J connectivity index is 1.65. The summed E-state index contributed by atoms with van der Waals surface area (Å²) in [6, 6.07) is 12.3. The van der Waals surface area contributed by atoms with Crippen molar-refractivity contribution in [1.82, 2.24) is 4.98 Å². The van der Waals surface area contributed by atoms with E-state index in [2.05, 4.69) is 4.98 Å². The van der Waals surface area contributed by atoms with Crippen LogP contribution in [0.4, 0.5) is 5.69 Å². The van der Waals surface area contributed by atoms with Crippen LogP contribution in [-0.4, -0.2) is 21.0 Å². The molecule has 0 saturated heterocycles. The number of nitro benzene ring substituents is 1. The van der Waals surface area contributed by atoms with Crippen molar-refractivity contribution in [2.24, 2.45) is 0 Å². The van der Waals surface area contributed by atoms with Crippen LogP contribution in [0.3, 0.4) is 0 Å². The van der Waals surface area contributed by atoms with Gasteiger partial charge in [0.1, 0.15) is 17.4 Å². The molecular weight excluding hydrogens is 344 g/mol. The minimum atomic E-state index is -0.987. The molecule has 25 heavy (non-hydrogen) atoms. The second-order valence-corrected chi connectivity index (χ2v) is 5.99. The summed E-state index contributed by atoms with van der Waals surface area (Å²) in [5.74, 6) is -0.434. The van der Waals surface area contributed by atoms with Gasteiger partial charge in [-0.1, -0.05) is 0 Å². The summed E-state index contributed by atoms with van der Waals surface area (Å²) in [4.78, 5) is 25.5. The Morgan fingerprint density at radius 3 is 2.44 bits per heavy atom. The van der Waals surface area contributed by atoms with Crippen molar-refractivity contribution in [3.8, 4) is 17.0 Å². The van der Waals surface area contributed by atoms with E-state index in [0.717, 1.165) is 16.3 Å². The number of hydrogen-bond donors (Lipinski definition) is 1. The van der Waals surface area contributed by atoms with Gasteiger partial charge >= 0.3 is 5.97 Å². The topological polar surface area (TPSA) is 103 Å². The fourth-order valence-electron chi connectivity index (χ4n) is 2.10. The number of non-ortho nitro benzene ring substituents is 1. The predicted molar refractivity (Wildman–Crippen MR) is 91.9 cm³/mol. The number of nitro groups is 1. The van der Waals surface area contributed by atoms with Gasteiger partial charge in [0.2, 0.25) is 0 Å². The molecule has 7 nitrogen and oxygen atoms in total. The lowest BCUT2D eigenvalue weighted by molar-refractivity contribution is -0.384. The van der Waals surface area contributed by atoms with Gasteiger partial charge in [0, 0.05) is 23.1 Å². The predicted octanol–water partition coefficient (Wildman–Crippen LogP) is 4.00. The van der Waals surface area contributed by atoms with Crippen LogP contribution < -0.4 is 4.74 Å². The van der Waals surface area contributed by atoms with Crippen LogP contribution in [0.2, 0.25) is 0 Å². The molecule has 0 unspecified atom stereocenters. The SMILES string of the molecule is O=C(O)c1ccc(OCc2nc(-c3ccc([N+](=O)[O-])cc3)cs2)cc1. The number of nitrogens with zero attached hydrogens (tertiary/aromatic N) is 2. The van der Waals surface area contributed by atoms with E-state index in [1.807, 2.05) is 5.38 Å². The number of aromatic carboxylic acids is 1. The quantitative estimate of drug-likeness (QED) is 0.529. The van der Waals surface area contributed by atoms with Gasteiger partial charge < -0.3 is 9.84 Å². The molecule has 8 heteroatoms. The normalized spacial score (nSPS) is 10.4. The van der Waals surface area contributed by atoms with Gasteiger partial charge in [-0.2, -0.15) is 0 Å². The van der Waals surface area contributed by atoms with Crippen LogP contribution in [0.1, 0.15) is 15.4 Å². The lowest BCUT2D eigenvalue weighted by Crippen LogP contribution is -1.98. The summed E-state index contributed by atoms with van der Waals surface area (Å²) >= 11 is 1.42. The molecule has 0 bridgehead atoms. The Hall–Kier alpha value is -3.26. The summed E-state index contributed by atoms with van der Waals surface area (Å²) in [5.41, 5.74) is 1.74. The molecular formula is C17H12N2O5S. The van der Waals surface area contributed by atoms with Crippen molar-refractivity contribution >= 4 is 23.0 Å². The molecule has 0 radical (unpaired) electrons. The van der Waals surface area contributed by atoms with Crippen molar-refractivity contribution in [3.05, 3.63) is 74.6 Å². The third-order valence-electron chi connectivity index (χ3n) is 3.39. The Bertz CT molecular complexity index is 904. The lowest BCUT2D eigenvalue weighted by atomic mass is 10.1. The zero-order valence-corrected chi connectivity index (χ0v) is 13.6. The van der Waals surface area contributed by atoms with E-state index in [1.165, 1.54) is 35.6 Å². The Morgan fingerprint density at radius 2 is 1.84 bits per heavy atom. The number of benzene rings is 2. The first kappa shape index (κ1) is 16.6. The Morgan fingerprint density at radius 1 is 1.16 bits per heavy atom. The number of ether oxygens (including phenoxy) is 1. The first-order chi connectivity index (χ1) is 12.0. The van der Waals surface area contributed by atoms with E-state index in [-0.39, 0.29) is 17.9 Å². The maximum absolute atomic E-state index is 10.8. The molecule has 0 aliphatic rings. The molecule has 0 spiro atoms. The molecule has 1 N–H and O–H groups in total. The van der Waals surface area contributed by atoms with Gasteiger partial charge in [0.25, 0.3) is 5.69 Å². The minimum absolute atomic E-state index is 0.0346. The first-order valence-corrected chi connectivity index (χ1v) is 8.06. The molecule has 126 valence electrons. The van der Waals surface area contributed by atoms with Gasteiger partial charge in [-0.25, -0.2) is 9.78 Å². The zero-order chi connectivity index (χ0) is 17.8. The van der Waals surface area contributed by atoms with Gasteiger partial charge in [-0.3, -0.25) is 10.1 Å². The maximum Gasteiger partial charge on any atom is 0.335 e. The number of carboxylic acids is 1. The lowest BCUT2D eigenvalue weighted by Gasteiger charge is -2.04. The van der Waals surface area contributed by atoms with Crippen molar-refractivity contribution in [2.75, 3.05) is 0 Å². The number of aromatic nitrogens is 1. The smallest absolute Gasteiger partial charge is 0.335 e. The average molecular weight is 356 g/mol. The molecule has 0 amide bonds. The van der Waals surface area contributed by atoms with E-state index in [9.17, 15) is 14.9 Å². The fraction of sp³-hybridized carbons (Fsp3) is 0.0588. The summed E-state index contributed by atoms with van der Waals surface area (Å²) in [5, 5.41) is 22.1. The summed E-state index contributed by atoms with van der Waals surface area (Å²) in [6.07, 6.45) is 0. The molecule has 0 aliphatic carbocycles. The van der Waals surface area contributed by atoms with Crippen LogP contribution in [0.5, 0.6) is 5.75 Å². The molecule has 1 heterocycles. The molecule has 0 fully saturated rings. The second kappa shape index (κ2) is 7.10. The zero-order valence-electron chi connectivity index (χ0n) is 12.8. The fourth-order valence-corrected chi connectivity index (χ4v) is 2.82. The third-order valence-corrected chi connectivity index (χ3v) is 4.21. The number of rotatable bonds is 6. The van der Waals surface area contributed by atoms with Crippen LogP contribution in [0.15, 0.2) is 53.9 Å². The monoisotopic (exact) mass is 356 g/mol. The molecule has 2 aromatic carbocycles. The highest BCUT2D eigenvalue weighted by Gasteiger charge is 2.09. The maximum atomic E-state index is 10.8. The Labute approximate surface area is 146 Å². The second-order valence-electron chi connectivity index (χ2n) is 5.05. The number of carbonyl (C=O) groups is 1. The standard InChI is InChI=1S/C17H12N2O5S/c20-17(21)12-3-7-14(8-4-12)24-9-16-18-15(10-25-16)11-1-5-13(6-2-11)19(22)23/h1-8,10H,9H2,(H,20,21). The van der Waals surface area contributed by atoms with Gasteiger partial charge in [0.15, 0.2) is 0 Å². The molecule has 1 aromatic heterocycles. The number of carboxylic acid groups (broad SMARTS) is 1. The highest BCUT2D eigenvalue weighted by Crippen LogP contribution is 2.25. The van der Waals surface area contributed by atoms with E-state index >= 15 is 0 Å². The first-order valence-electron chi connectivity index (χ1n) is 7.18. The largest absolute Gasteiger partial charge is 0.486 e. The third kappa shape index (κ3) is 3.99. The average Bonchev–Trinajstić information content (AvgIpc) is 3.09. The van der Waals surface area contributed by atoms with Gasteiger partial charge in [-0.15, -0.1) is 11.3 Å². The van der Waals surface area contributed by atoms with Crippen molar-refractivity contribution in [3.63, 3.8) is 0 Å². The number of hydrogen-bond acceptors (Lipinski definition) is 6.